The molecule has 1 fully saturated rings. The summed E-state index contributed by atoms with van der Waals surface area (Å²) in [4.78, 5) is 54.6. The molecule has 0 spiro atoms. The van der Waals surface area contributed by atoms with E-state index in [2.05, 4.69) is 30.7 Å². The second-order valence-electron chi connectivity index (χ2n) is 23.3. The molecule has 25 nitrogen and oxygen atoms in total. The number of carbonyl (C=O) groups is 5. The van der Waals surface area contributed by atoms with Crippen molar-refractivity contribution in [1.82, 2.24) is 4.72 Å². The molecule has 0 aliphatic heterocycles. The summed E-state index contributed by atoms with van der Waals surface area (Å²) in [7, 11) is -3.45. The summed E-state index contributed by atoms with van der Waals surface area (Å²) in [6.07, 6.45) is 4.43. The largest absolute Gasteiger partial charge is 0.508 e. The molecule has 0 aromatic heterocycles. The van der Waals surface area contributed by atoms with E-state index in [-0.39, 0.29) is 122 Å². The molecule has 504 valence electrons. The third-order valence-corrected chi connectivity index (χ3v) is 9.54. The number of ether oxygens (including phenoxy) is 12. The average molecular weight is 1240 g/mol. The van der Waals surface area contributed by atoms with Crippen molar-refractivity contribution in [1.29, 1.82) is 0 Å². The zero-order valence-electron chi connectivity index (χ0n) is 56.3. The molecule has 1 amide bonds. The number of carbonyl (C=O) groups excluding carboxylic acids is 5. The Balaban J connectivity index is -0.000000212. The average Bonchev–Trinajstić information content (AvgIpc) is 3.34. The maximum absolute atomic E-state index is 11.3. The van der Waals surface area contributed by atoms with E-state index in [1.165, 1.54) is 0 Å². The van der Waals surface area contributed by atoms with E-state index in [0.717, 1.165) is 31.9 Å². The van der Waals surface area contributed by atoms with Crippen LogP contribution in [0.25, 0.3) is 0 Å². The van der Waals surface area contributed by atoms with Crippen LogP contribution in [0.2, 0.25) is 0 Å². The second-order valence-corrected chi connectivity index (χ2v) is 25.0. The molecule has 2 atom stereocenters. The van der Waals surface area contributed by atoms with Gasteiger partial charge in [0.1, 0.15) is 45.2 Å². The Labute approximate surface area is 506 Å². The first-order valence-electron chi connectivity index (χ1n) is 29.0. The van der Waals surface area contributed by atoms with E-state index in [1.807, 2.05) is 104 Å². The number of rotatable bonds is 27. The smallest absolute Gasteiger partial charge is 0.464 e. The number of sulfonamides is 1. The Morgan fingerprint density at radius 3 is 1.44 bits per heavy atom. The number of nitrogens with one attached hydrogen (secondary N) is 1. The number of hydrogen-bond acceptors (Lipinski definition) is 23. The number of aliphatic hydroxyl groups is 1. The lowest BCUT2D eigenvalue weighted by Crippen LogP contribution is -2.37. The highest BCUT2D eigenvalue weighted by molar-refractivity contribution is 7.89. The van der Waals surface area contributed by atoms with Crippen LogP contribution in [0.5, 0.6) is 0 Å². The minimum Gasteiger partial charge on any atom is -0.464 e. The van der Waals surface area contributed by atoms with Gasteiger partial charge in [-0.1, -0.05) is 32.9 Å². The number of hydrogen-bond donors (Lipinski definition) is 5. The van der Waals surface area contributed by atoms with Crippen LogP contribution in [-0.4, -0.2) is 192 Å². The highest BCUT2D eigenvalue weighted by atomic mass is 32.2. The van der Waals surface area contributed by atoms with E-state index in [0.29, 0.717) is 39.1 Å². The summed E-state index contributed by atoms with van der Waals surface area (Å²) < 4.78 is 83.5. The Kier molecular flexibility index (Phi) is 57.8. The Bertz CT molecular complexity index is 1780. The SMILES string of the molecule is CC(C)(C)OC1CCC(O)CC1.CC(C)C(N)C(=O)OCCOC(C)(C)C.CC(C)OC/C(N)=N/O.CC(C)OCC(=O)NS(C)(=O)=O.CC(C)OCC(C)OC(=O)OC(C)C.CC(C)OCCOC(=O)C(C)C.CCOC(=O)COC(C)C. The highest BCUT2D eigenvalue weighted by Crippen LogP contribution is 2.25. The van der Waals surface area contributed by atoms with Crippen molar-refractivity contribution in [2.24, 2.45) is 28.5 Å². The Hall–Kier alpha value is -3.99. The molecular formula is C58H120N4O21S. The van der Waals surface area contributed by atoms with Gasteiger partial charge in [-0.05, 0) is 170 Å². The summed E-state index contributed by atoms with van der Waals surface area (Å²) in [5, 5.41) is 20.0. The number of aliphatic hydroxyl groups excluding tert-OH is 1. The molecule has 0 radical (unpaired) electrons. The van der Waals surface area contributed by atoms with E-state index in [4.69, 9.17) is 68.8 Å². The number of nitrogens with zero attached hydrogens (tertiary/aromatic N) is 1. The number of oxime groups is 1. The van der Waals surface area contributed by atoms with Crippen LogP contribution in [0.4, 0.5) is 4.79 Å². The molecule has 1 rings (SSSR count). The van der Waals surface area contributed by atoms with Crippen LogP contribution in [0.15, 0.2) is 5.16 Å². The fourth-order valence-electron chi connectivity index (χ4n) is 5.06. The van der Waals surface area contributed by atoms with Crippen molar-refractivity contribution >= 4 is 45.8 Å². The van der Waals surface area contributed by atoms with Crippen molar-refractivity contribution < 1.29 is 99.5 Å². The lowest BCUT2D eigenvalue weighted by molar-refractivity contribution is -0.150. The summed E-state index contributed by atoms with van der Waals surface area (Å²) in [6, 6.07) is -0.542. The van der Waals surface area contributed by atoms with Gasteiger partial charge in [0.2, 0.25) is 10.0 Å². The van der Waals surface area contributed by atoms with Crippen LogP contribution in [0, 0.1) is 11.8 Å². The maximum atomic E-state index is 11.3. The van der Waals surface area contributed by atoms with Gasteiger partial charge in [0.15, 0.2) is 5.84 Å². The summed E-state index contributed by atoms with van der Waals surface area (Å²) in [6.45, 7) is 47.7. The topological polar surface area (TPSA) is 347 Å². The van der Waals surface area contributed by atoms with Gasteiger partial charge in [0.05, 0.1) is 98.6 Å². The molecule has 1 saturated carbocycles. The van der Waals surface area contributed by atoms with Crippen LogP contribution < -0.4 is 16.2 Å². The first-order valence-corrected chi connectivity index (χ1v) is 30.9. The quantitative estimate of drug-likeness (QED) is 0.00988. The Morgan fingerprint density at radius 2 is 1.05 bits per heavy atom. The van der Waals surface area contributed by atoms with Gasteiger partial charge in [-0.15, -0.1) is 0 Å². The normalized spacial score (nSPS) is 15.0. The molecule has 2 unspecified atom stereocenters. The summed E-state index contributed by atoms with van der Waals surface area (Å²) in [5.74, 6) is -1.32. The predicted molar refractivity (Wildman–Crippen MR) is 325 cm³/mol. The van der Waals surface area contributed by atoms with Crippen LogP contribution in [0.1, 0.15) is 192 Å². The molecule has 0 aromatic rings. The highest BCUT2D eigenvalue weighted by Gasteiger charge is 2.24. The standard InChI is InChI=1S/C11H23NO3.C10H20O4.C10H20O2.C9H18O3.C7H14O3.C6H13NO4S.C5H12N2O2/c1-8(2)9(12)10(13)14-6-7-15-11(3,4)5;1-7(2)12-6-9(5)14-10(11)13-8(3)4;1-10(2,3)12-9-6-4-8(11)5-7-9;1-7(2)9(10)12-6-5-11-8(3)4;1-4-9-7(8)5-10-6(2)3;1-5(2)11-4-6(8)7-12(3,9)10;1-4(2)9-3-5(6)7-8/h8-9H,6-7,12H2,1-5H3;7-9H,6H2,1-5H3;8-9,11H,4-7H2,1-3H3;7-8H,5-6H2,1-4H3;6H,4-5H2,1-3H3;5H,4H2,1-3H3,(H,7,8);4,8H,3H2,1-2H3,(H2,6,7). The first kappa shape index (κ1) is 91.2. The number of amidine groups is 1. The van der Waals surface area contributed by atoms with Crippen molar-refractivity contribution in [2.75, 3.05) is 65.7 Å². The monoisotopic (exact) mass is 1240 g/mol. The second kappa shape index (κ2) is 53.3. The fourth-order valence-corrected chi connectivity index (χ4v) is 5.53. The van der Waals surface area contributed by atoms with E-state index in [9.17, 15) is 37.5 Å². The van der Waals surface area contributed by atoms with Crippen molar-refractivity contribution in [3.05, 3.63) is 0 Å². The van der Waals surface area contributed by atoms with E-state index < -0.39 is 28.1 Å². The van der Waals surface area contributed by atoms with Crippen molar-refractivity contribution in [3.8, 4) is 0 Å². The van der Waals surface area contributed by atoms with E-state index in [1.54, 1.807) is 46.3 Å². The molecule has 0 heterocycles. The zero-order chi connectivity index (χ0) is 67.0. The minimum absolute atomic E-state index is 0.0348. The predicted octanol–water partition coefficient (Wildman–Crippen LogP) is 8.02. The summed E-state index contributed by atoms with van der Waals surface area (Å²) >= 11 is 0. The molecule has 1 aliphatic carbocycles. The molecule has 0 bridgehead atoms. The Morgan fingerprint density at radius 1 is 0.595 bits per heavy atom. The third kappa shape index (κ3) is 80.1. The van der Waals surface area contributed by atoms with Crippen LogP contribution >= 0.6 is 0 Å². The van der Waals surface area contributed by atoms with Crippen LogP contribution in [-0.2, 0) is 86.0 Å². The van der Waals surface area contributed by atoms with Gasteiger partial charge in [-0.25, -0.2) is 18.0 Å². The molecule has 26 heteroatoms. The number of nitrogens with two attached hydrogens (primary N) is 2. The molecular weight excluding hydrogens is 1120 g/mol. The van der Waals surface area contributed by atoms with Gasteiger partial charge in [0.25, 0.3) is 5.91 Å². The third-order valence-electron chi connectivity index (χ3n) is 8.94. The van der Waals surface area contributed by atoms with Gasteiger partial charge in [-0.3, -0.25) is 19.1 Å². The van der Waals surface area contributed by atoms with Gasteiger partial charge < -0.3 is 78.6 Å². The zero-order valence-corrected chi connectivity index (χ0v) is 57.1. The van der Waals surface area contributed by atoms with Crippen LogP contribution in [0.3, 0.4) is 0 Å². The fraction of sp³-hybridized carbons (Fsp3) is 0.897. The lowest BCUT2D eigenvalue weighted by atomic mass is 9.94. The lowest BCUT2D eigenvalue weighted by Gasteiger charge is -2.31. The molecule has 84 heavy (non-hydrogen) atoms. The van der Waals surface area contributed by atoms with Gasteiger partial charge >= 0.3 is 24.1 Å². The minimum atomic E-state index is -3.45. The maximum Gasteiger partial charge on any atom is 0.508 e. The first-order chi connectivity index (χ1) is 38.3. The van der Waals surface area contributed by atoms with E-state index >= 15 is 0 Å². The van der Waals surface area contributed by atoms with Gasteiger partial charge in [0, 0.05) is 0 Å². The number of amides is 1. The molecule has 1 aliphatic rings. The van der Waals surface area contributed by atoms with Crippen molar-refractivity contribution in [3.63, 3.8) is 0 Å². The number of esters is 3. The molecule has 0 aromatic carbocycles. The molecule has 7 N–H and O–H groups in total. The van der Waals surface area contributed by atoms with Crippen molar-refractivity contribution in [2.45, 2.75) is 264 Å². The summed E-state index contributed by atoms with van der Waals surface area (Å²) in [5.41, 5.74) is 10.5. The molecule has 0 saturated heterocycles. The van der Waals surface area contributed by atoms with Gasteiger partial charge in [-0.2, -0.15) is 0 Å².